The van der Waals surface area contributed by atoms with Gasteiger partial charge in [0.25, 0.3) is 0 Å². The number of carbonyl (C=O) groups is 4. The Morgan fingerprint density at radius 1 is 0.864 bits per heavy atom. The van der Waals surface area contributed by atoms with Crippen LogP contribution in [-0.4, -0.2) is 81.6 Å². The van der Waals surface area contributed by atoms with E-state index in [-0.39, 0.29) is 25.0 Å². The first-order valence-electron chi connectivity index (χ1n) is 14.5. The van der Waals surface area contributed by atoms with Crippen LogP contribution in [0.4, 0.5) is 0 Å². The third kappa shape index (κ3) is 10.3. The summed E-state index contributed by atoms with van der Waals surface area (Å²) in [6.07, 6.45) is 5.67. The summed E-state index contributed by atoms with van der Waals surface area (Å²) in [6, 6.07) is 9.39. The van der Waals surface area contributed by atoms with Crippen LogP contribution in [0.3, 0.4) is 0 Å². The number of aromatic hydroxyl groups is 1. The number of hydrogen-bond donors (Lipinski definition) is 8. The summed E-state index contributed by atoms with van der Waals surface area (Å²) in [5.41, 5.74) is 13.9. The molecular weight excluding hydrogens is 584 g/mol. The number of nitrogens with two attached hydrogens (primary N) is 2. The molecular formula is C31H42N6O6S. The van der Waals surface area contributed by atoms with E-state index < -0.39 is 47.9 Å². The quantitative estimate of drug-likeness (QED) is 0.0957. The lowest BCUT2D eigenvalue weighted by atomic mass is 10.0. The first-order valence-corrected chi connectivity index (χ1v) is 15.9. The van der Waals surface area contributed by atoms with E-state index >= 15 is 0 Å². The zero-order chi connectivity index (χ0) is 32.1. The average molecular weight is 627 g/mol. The van der Waals surface area contributed by atoms with Gasteiger partial charge < -0.3 is 42.6 Å². The number of fused-ring (bicyclic) bond motifs is 1. The van der Waals surface area contributed by atoms with Gasteiger partial charge in [0.15, 0.2) is 0 Å². The molecule has 3 amide bonds. The number of nitrogens with one attached hydrogen (secondary N) is 4. The second-order valence-electron chi connectivity index (χ2n) is 10.6. The molecule has 0 radical (unpaired) electrons. The number of rotatable bonds is 18. The van der Waals surface area contributed by atoms with Crippen molar-refractivity contribution in [3.8, 4) is 5.75 Å². The number of H-pyrrole nitrogens is 1. The van der Waals surface area contributed by atoms with Crippen molar-refractivity contribution >= 4 is 46.4 Å². The summed E-state index contributed by atoms with van der Waals surface area (Å²) in [5, 5.41) is 28.3. The van der Waals surface area contributed by atoms with Crippen LogP contribution in [0.2, 0.25) is 0 Å². The number of aromatic nitrogens is 1. The maximum absolute atomic E-state index is 13.8. The molecule has 238 valence electrons. The van der Waals surface area contributed by atoms with E-state index in [0.717, 1.165) is 16.5 Å². The van der Waals surface area contributed by atoms with Gasteiger partial charge in [-0.1, -0.05) is 36.8 Å². The molecule has 0 fully saturated rings. The highest BCUT2D eigenvalue weighted by Gasteiger charge is 2.31. The zero-order valence-corrected chi connectivity index (χ0v) is 25.6. The molecule has 0 saturated heterocycles. The minimum atomic E-state index is -1.18. The molecule has 3 aromatic rings. The molecule has 0 bridgehead atoms. The maximum atomic E-state index is 13.8. The first-order chi connectivity index (χ1) is 21.1. The number of carboxylic acids is 1. The predicted molar refractivity (Wildman–Crippen MR) is 171 cm³/mol. The molecule has 4 unspecified atom stereocenters. The van der Waals surface area contributed by atoms with E-state index in [4.69, 9.17) is 11.5 Å². The van der Waals surface area contributed by atoms with Crippen molar-refractivity contribution in [3.63, 3.8) is 0 Å². The van der Waals surface area contributed by atoms with Crippen LogP contribution >= 0.6 is 11.8 Å². The summed E-state index contributed by atoms with van der Waals surface area (Å²) in [7, 11) is 0. The molecule has 0 aliphatic carbocycles. The van der Waals surface area contributed by atoms with E-state index in [1.54, 1.807) is 18.3 Å². The lowest BCUT2D eigenvalue weighted by Gasteiger charge is -2.25. The normalized spacial score (nSPS) is 13.9. The average Bonchev–Trinajstić information content (AvgIpc) is 3.42. The molecule has 44 heavy (non-hydrogen) atoms. The molecule has 1 aromatic heterocycles. The highest BCUT2D eigenvalue weighted by Crippen LogP contribution is 2.20. The van der Waals surface area contributed by atoms with Crippen molar-refractivity contribution in [2.45, 2.75) is 62.7 Å². The van der Waals surface area contributed by atoms with Gasteiger partial charge in [0.05, 0.1) is 6.04 Å². The maximum Gasteiger partial charge on any atom is 0.326 e. The lowest BCUT2D eigenvalue weighted by molar-refractivity contribution is -0.142. The Kier molecular flexibility index (Phi) is 13.5. The molecule has 13 heteroatoms. The van der Waals surface area contributed by atoms with Crippen LogP contribution in [0.25, 0.3) is 10.9 Å². The smallest absolute Gasteiger partial charge is 0.326 e. The fraction of sp³-hybridized carbons (Fsp3) is 0.419. The summed E-state index contributed by atoms with van der Waals surface area (Å²) in [6.45, 7) is 0.477. The molecule has 0 aliphatic heterocycles. The Bertz CT molecular complexity index is 1400. The number of phenolic OH excluding ortho intramolecular Hbond substituents is 1. The van der Waals surface area contributed by atoms with Crippen molar-refractivity contribution in [2.75, 3.05) is 18.6 Å². The standard InChI is InChI=1S/C31H42N6O6S/c1-44-15-13-25(31(42)43)35-29(40)26(16-19-9-11-21(38)12-10-19)37-30(41)27(36-28(39)23(33)7-4-5-14-32)17-20-18-34-24-8-3-2-6-22(20)24/h2-3,6,8-12,18,23,25-27,34,38H,4-5,7,13-17,32-33H2,1H3,(H,35,40)(H,36,39)(H,37,41)(H,42,43). The number of aliphatic carboxylic acids is 1. The Morgan fingerprint density at radius 2 is 1.50 bits per heavy atom. The third-order valence-corrected chi connectivity index (χ3v) is 7.92. The molecule has 0 aliphatic rings. The molecule has 3 rings (SSSR count). The van der Waals surface area contributed by atoms with Gasteiger partial charge in [0, 0.05) is 29.9 Å². The number of hydrogen-bond acceptors (Lipinski definition) is 8. The summed E-state index contributed by atoms with van der Waals surface area (Å²) in [5.74, 6) is -2.47. The first kappa shape index (κ1) is 34.4. The summed E-state index contributed by atoms with van der Waals surface area (Å²) in [4.78, 5) is 55.4. The number of thioether (sulfide) groups is 1. The van der Waals surface area contributed by atoms with Gasteiger partial charge in [-0.25, -0.2) is 4.79 Å². The molecule has 0 saturated carbocycles. The number of phenols is 1. The van der Waals surface area contributed by atoms with Crippen LogP contribution in [-0.2, 0) is 32.0 Å². The fourth-order valence-electron chi connectivity index (χ4n) is 4.76. The Hall–Kier alpha value is -4.07. The van der Waals surface area contributed by atoms with Gasteiger partial charge >= 0.3 is 5.97 Å². The van der Waals surface area contributed by atoms with E-state index in [0.29, 0.717) is 37.1 Å². The van der Waals surface area contributed by atoms with Gasteiger partial charge in [-0.05, 0) is 67.1 Å². The van der Waals surface area contributed by atoms with Crippen molar-refractivity contribution < 1.29 is 29.4 Å². The van der Waals surface area contributed by atoms with Gasteiger partial charge in [-0.2, -0.15) is 11.8 Å². The SMILES string of the molecule is CSCCC(NC(=O)C(Cc1ccc(O)cc1)NC(=O)C(Cc1c[nH]c2ccccc12)NC(=O)C(N)CCCCN)C(=O)O. The second-order valence-corrected chi connectivity index (χ2v) is 11.6. The van der Waals surface area contributed by atoms with Gasteiger partial charge in [-0.3, -0.25) is 14.4 Å². The monoisotopic (exact) mass is 626 g/mol. The van der Waals surface area contributed by atoms with Crippen LogP contribution in [0.1, 0.15) is 36.8 Å². The van der Waals surface area contributed by atoms with Crippen LogP contribution in [0.5, 0.6) is 5.75 Å². The highest BCUT2D eigenvalue weighted by molar-refractivity contribution is 7.98. The Labute approximate surface area is 260 Å². The number of carboxylic acid groups (broad SMARTS) is 1. The van der Waals surface area contributed by atoms with E-state index in [9.17, 15) is 29.4 Å². The number of para-hydroxylation sites is 1. The number of carbonyl (C=O) groups excluding carboxylic acids is 3. The van der Waals surface area contributed by atoms with E-state index in [1.807, 2.05) is 30.5 Å². The minimum absolute atomic E-state index is 0.0130. The molecule has 4 atom stereocenters. The largest absolute Gasteiger partial charge is 0.508 e. The number of amides is 3. The molecule has 2 aromatic carbocycles. The second kappa shape index (κ2) is 17.3. The van der Waals surface area contributed by atoms with Crippen molar-refractivity contribution in [3.05, 3.63) is 65.9 Å². The molecule has 1 heterocycles. The van der Waals surface area contributed by atoms with Gasteiger partial charge in [-0.15, -0.1) is 0 Å². The Balaban J connectivity index is 1.87. The molecule has 12 nitrogen and oxygen atoms in total. The lowest BCUT2D eigenvalue weighted by Crippen LogP contribution is -2.58. The fourth-order valence-corrected chi connectivity index (χ4v) is 5.23. The molecule has 0 spiro atoms. The number of aromatic amines is 1. The third-order valence-electron chi connectivity index (χ3n) is 7.27. The van der Waals surface area contributed by atoms with Gasteiger partial charge in [0.1, 0.15) is 23.9 Å². The van der Waals surface area contributed by atoms with E-state index in [1.165, 1.54) is 23.9 Å². The van der Waals surface area contributed by atoms with Crippen molar-refractivity contribution in [2.24, 2.45) is 11.5 Å². The van der Waals surface area contributed by atoms with Crippen LogP contribution in [0, 0.1) is 0 Å². The molecule has 10 N–H and O–H groups in total. The van der Waals surface area contributed by atoms with Crippen LogP contribution < -0.4 is 27.4 Å². The predicted octanol–water partition coefficient (Wildman–Crippen LogP) is 1.41. The van der Waals surface area contributed by atoms with E-state index in [2.05, 4.69) is 20.9 Å². The minimum Gasteiger partial charge on any atom is -0.508 e. The number of benzene rings is 2. The number of unbranched alkanes of at least 4 members (excludes halogenated alkanes) is 1. The zero-order valence-electron chi connectivity index (χ0n) is 24.8. The summed E-state index contributed by atoms with van der Waals surface area (Å²) < 4.78 is 0. The van der Waals surface area contributed by atoms with Gasteiger partial charge in [0.2, 0.25) is 17.7 Å². The summed E-state index contributed by atoms with van der Waals surface area (Å²) >= 11 is 1.45. The van der Waals surface area contributed by atoms with Crippen molar-refractivity contribution in [1.29, 1.82) is 0 Å². The highest BCUT2D eigenvalue weighted by atomic mass is 32.2. The van der Waals surface area contributed by atoms with Crippen molar-refractivity contribution in [1.82, 2.24) is 20.9 Å². The topological polar surface area (TPSA) is 213 Å². The van der Waals surface area contributed by atoms with Crippen LogP contribution in [0.15, 0.2) is 54.7 Å². The Morgan fingerprint density at radius 3 is 2.16 bits per heavy atom.